The summed E-state index contributed by atoms with van der Waals surface area (Å²) in [6.07, 6.45) is 1.64. The van der Waals surface area contributed by atoms with Crippen LogP contribution in [0.4, 0.5) is 11.4 Å². The summed E-state index contributed by atoms with van der Waals surface area (Å²) in [7, 11) is 0. The summed E-state index contributed by atoms with van der Waals surface area (Å²) in [5.74, 6) is -0.0133. The van der Waals surface area contributed by atoms with E-state index in [9.17, 15) is 14.4 Å². The minimum Gasteiger partial charge on any atom is -0.487 e. The molecule has 0 bridgehead atoms. The lowest BCUT2D eigenvalue weighted by atomic mass is 10.3. The third-order valence-electron chi connectivity index (χ3n) is 5.29. The second kappa shape index (κ2) is 10.9. The van der Waals surface area contributed by atoms with Gasteiger partial charge in [-0.3, -0.25) is 18.3 Å². The average molecular weight is 515 g/mol. The number of para-hydroxylation sites is 1. The van der Waals surface area contributed by atoms with Gasteiger partial charge >= 0.3 is 0 Å². The van der Waals surface area contributed by atoms with Gasteiger partial charge in [0.1, 0.15) is 31.1 Å². The van der Waals surface area contributed by atoms with Gasteiger partial charge in [-0.1, -0.05) is 53.1 Å². The van der Waals surface area contributed by atoms with E-state index in [4.69, 9.17) is 4.74 Å². The van der Waals surface area contributed by atoms with Crippen LogP contribution in [0.2, 0.25) is 0 Å². The molecule has 3 aromatic carbocycles. The zero-order valence-electron chi connectivity index (χ0n) is 19.5. The van der Waals surface area contributed by atoms with Crippen LogP contribution in [0, 0.1) is 0 Å². The number of hydrogen-bond acceptors (Lipinski definition) is 7. The molecule has 0 aliphatic rings. The highest BCUT2D eigenvalue weighted by molar-refractivity contribution is 7.13. The van der Waals surface area contributed by atoms with Crippen LogP contribution in [0.15, 0.2) is 89.9 Å². The predicted molar refractivity (Wildman–Crippen MR) is 141 cm³/mol. The minimum absolute atomic E-state index is 0.0201. The molecule has 0 unspecified atom stereocenters. The van der Waals surface area contributed by atoms with Crippen molar-refractivity contribution in [2.24, 2.45) is 0 Å². The van der Waals surface area contributed by atoms with E-state index >= 15 is 0 Å². The van der Waals surface area contributed by atoms with Crippen LogP contribution in [0.5, 0.6) is 5.75 Å². The molecular weight excluding hydrogens is 492 g/mol. The number of carbonyl (C=O) groups is 2. The normalized spacial score (nSPS) is 10.8. The van der Waals surface area contributed by atoms with E-state index in [1.165, 1.54) is 20.2 Å². The lowest BCUT2D eigenvalue weighted by molar-refractivity contribution is -0.117. The molecule has 0 saturated heterocycles. The third-order valence-corrected chi connectivity index (χ3v) is 6.36. The molecule has 0 radical (unpaired) electrons. The van der Waals surface area contributed by atoms with E-state index in [0.29, 0.717) is 28.2 Å². The van der Waals surface area contributed by atoms with Gasteiger partial charge in [0.25, 0.3) is 5.56 Å². The Morgan fingerprint density at radius 2 is 1.59 bits per heavy atom. The predicted octanol–water partition coefficient (Wildman–Crippen LogP) is 3.51. The van der Waals surface area contributed by atoms with E-state index in [-0.39, 0.29) is 37.1 Å². The lowest BCUT2D eigenvalue weighted by Gasteiger charge is -2.08. The smallest absolute Gasteiger partial charge is 0.268 e. The molecule has 0 spiro atoms. The van der Waals surface area contributed by atoms with Gasteiger partial charge in [0.15, 0.2) is 0 Å². The highest BCUT2D eigenvalue weighted by atomic mass is 32.1. The number of amides is 2. The zero-order valence-corrected chi connectivity index (χ0v) is 20.4. The van der Waals surface area contributed by atoms with Crippen LogP contribution in [0.3, 0.4) is 0 Å². The molecule has 2 amide bonds. The first-order chi connectivity index (χ1) is 18.0. The number of fused-ring (bicyclic) bond motifs is 1. The molecule has 5 aromatic rings. The van der Waals surface area contributed by atoms with Crippen molar-refractivity contribution in [2.45, 2.75) is 19.7 Å². The summed E-state index contributed by atoms with van der Waals surface area (Å²) in [4.78, 5) is 37.2. The summed E-state index contributed by atoms with van der Waals surface area (Å²) in [5, 5.41) is 14.2. The SMILES string of the molecule is O=C(Cn1cc(COc2cccc(NC(=O)Cn3sc4ccccc4c3=O)c2)nn1)Nc1ccccc1. The molecular formula is C26H22N6O4S. The Balaban J connectivity index is 1.14. The molecule has 2 N–H and O–H groups in total. The van der Waals surface area contributed by atoms with E-state index < -0.39 is 0 Å². The maximum Gasteiger partial charge on any atom is 0.268 e. The number of carbonyl (C=O) groups excluding carboxylic acids is 2. The maximum absolute atomic E-state index is 12.5. The van der Waals surface area contributed by atoms with Gasteiger partial charge in [-0.2, -0.15) is 0 Å². The number of anilines is 2. The average Bonchev–Trinajstić information content (AvgIpc) is 3.47. The van der Waals surface area contributed by atoms with Gasteiger partial charge in [0.05, 0.1) is 16.3 Å². The van der Waals surface area contributed by atoms with Crippen LogP contribution in [-0.2, 0) is 29.3 Å². The van der Waals surface area contributed by atoms with Gasteiger partial charge in [0, 0.05) is 17.4 Å². The fourth-order valence-corrected chi connectivity index (χ4v) is 4.62. The van der Waals surface area contributed by atoms with E-state index in [1.807, 2.05) is 30.3 Å². The van der Waals surface area contributed by atoms with Crippen LogP contribution in [0.1, 0.15) is 5.69 Å². The Morgan fingerprint density at radius 1 is 0.865 bits per heavy atom. The Kier molecular flexibility index (Phi) is 7.04. The number of nitrogens with zero attached hydrogens (tertiary/aromatic N) is 4. The first-order valence-corrected chi connectivity index (χ1v) is 12.2. The standard InChI is InChI=1S/C26H22N6O4S/c33-24(27-18-7-2-1-3-8-18)15-31-14-20(29-30-31)17-36-21-10-6-9-19(13-21)28-25(34)16-32-26(35)22-11-4-5-12-23(22)37-32/h1-14H,15-17H2,(H,27,33)(H,28,34). The summed E-state index contributed by atoms with van der Waals surface area (Å²) < 4.78 is 9.49. The van der Waals surface area contributed by atoms with Gasteiger partial charge in [-0.15, -0.1) is 5.10 Å². The molecule has 0 saturated carbocycles. The fourth-order valence-electron chi connectivity index (χ4n) is 3.62. The molecule has 2 heterocycles. The van der Waals surface area contributed by atoms with Gasteiger partial charge in [-0.05, 0) is 36.4 Å². The summed E-state index contributed by atoms with van der Waals surface area (Å²) >= 11 is 1.26. The van der Waals surface area contributed by atoms with Crippen molar-refractivity contribution in [3.63, 3.8) is 0 Å². The lowest BCUT2D eigenvalue weighted by Crippen LogP contribution is -2.23. The Morgan fingerprint density at radius 3 is 2.43 bits per heavy atom. The number of ether oxygens (including phenoxy) is 1. The monoisotopic (exact) mass is 514 g/mol. The number of aromatic nitrogens is 4. The molecule has 0 aliphatic heterocycles. The van der Waals surface area contributed by atoms with Crippen molar-refractivity contribution in [1.82, 2.24) is 19.0 Å². The molecule has 37 heavy (non-hydrogen) atoms. The first-order valence-electron chi connectivity index (χ1n) is 11.4. The summed E-state index contributed by atoms with van der Waals surface area (Å²) in [6.45, 7) is 0.0748. The molecule has 2 aromatic heterocycles. The van der Waals surface area contributed by atoms with Gasteiger partial charge in [-0.25, -0.2) is 4.68 Å². The van der Waals surface area contributed by atoms with Crippen molar-refractivity contribution in [2.75, 3.05) is 10.6 Å². The van der Waals surface area contributed by atoms with E-state index in [0.717, 1.165) is 4.70 Å². The van der Waals surface area contributed by atoms with Crippen molar-refractivity contribution in [3.8, 4) is 5.75 Å². The van der Waals surface area contributed by atoms with E-state index in [2.05, 4.69) is 20.9 Å². The summed E-state index contributed by atoms with van der Waals surface area (Å²) in [5.41, 5.74) is 1.61. The molecule has 5 rings (SSSR count). The van der Waals surface area contributed by atoms with Crippen molar-refractivity contribution >= 4 is 44.8 Å². The quantitative estimate of drug-likeness (QED) is 0.311. The van der Waals surface area contributed by atoms with Crippen LogP contribution in [0.25, 0.3) is 10.1 Å². The minimum atomic E-state index is -0.317. The molecule has 0 aliphatic carbocycles. The van der Waals surface area contributed by atoms with Crippen molar-refractivity contribution < 1.29 is 14.3 Å². The molecule has 0 atom stereocenters. The molecule has 0 fully saturated rings. The third kappa shape index (κ3) is 6.08. The van der Waals surface area contributed by atoms with Crippen LogP contribution in [-0.4, -0.2) is 30.8 Å². The highest BCUT2D eigenvalue weighted by Crippen LogP contribution is 2.19. The Hall–Kier alpha value is -4.77. The van der Waals surface area contributed by atoms with Gasteiger partial charge in [0.2, 0.25) is 11.8 Å². The highest BCUT2D eigenvalue weighted by Gasteiger charge is 2.12. The fraction of sp³-hybridized carbons (Fsp3) is 0.115. The van der Waals surface area contributed by atoms with Crippen molar-refractivity contribution in [3.05, 3.63) is 101 Å². The second-order valence-electron chi connectivity index (χ2n) is 8.12. The second-order valence-corrected chi connectivity index (χ2v) is 9.18. The molecule has 186 valence electrons. The van der Waals surface area contributed by atoms with Gasteiger partial charge < -0.3 is 15.4 Å². The molecule has 11 heteroatoms. The van der Waals surface area contributed by atoms with Crippen LogP contribution >= 0.6 is 11.5 Å². The number of benzene rings is 3. The molecule has 10 nitrogen and oxygen atoms in total. The number of nitrogens with one attached hydrogen (secondary N) is 2. The summed E-state index contributed by atoms with van der Waals surface area (Å²) in [6, 6.07) is 23.4. The van der Waals surface area contributed by atoms with Crippen molar-refractivity contribution in [1.29, 1.82) is 0 Å². The maximum atomic E-state index is 12.5. The Labute approximate surface area is 215 Å². The first kappa shape index (κ1) is 23.9. The largest absolute Gasteiger partial charge is 0.487 e. The Bertz CT molecular complexity index is 1610. The number of hydrogen-bond donors (Lipinski definition) is 2. The topological polar surface area (TPSA) is 120 Å². The van der Waals surface area contributed by atoms with E-state index in [1.54, 1.807) is 54.7 Å². The number of rotatable bonds is 9. The zero-order chi connectivity index (χ0) is 25.6. The van der Waals surface area contributed by atoms with Crippen LogP contribution < -0.4 is 20.9 Å².